The molecule has 0 spiro atoms. The quantitative estimate of drug-likeness (QED) is 0.574. The molecule has 0 radical (unpaired) electrons. The van der Waals surface area contributed by atoms with E-state index in [2.05, 4.69) is 21.8 Å². The number of piperazine rings is 1. The van der Waals surface area contributed by atoms with Crippen molar-refractivity contribution < 1.29 is 27.4 Å². The van der Waals surface area contributed by atoms with Gasteiger partial charge in [-0.2, -0.15) is 18.2 Å². The number of methoxy groups -OCH3 is 1. The fraction of sp³-hybridized carbons (Fsp3) is 0.333. The van der Waals surface area contributed by atoms with Gasteiger partial charge in [0, 0.05) is 26.2 Å². The van der Waals surface area contributed by atoms with Gasteiger partial charge in [0.2, 0.25) is 0 Å². The Morgan fingerprint density at radius 3 is 2.41 bits per heavy atom. The van der Waals surface area contributed by atoms with Crippen LogP contribution < -0.4 is 9.47 Å². The average molecular weight is 492 g/mol. The number of ether oxygens (including phenoxy) is 2. The van der Waals surface area contributed by atoms with Crippen LogP contribution in [0.4, 0.5) is 13.2 Å². The van der Waals surface area contributed by atoms with Crippen molar-refractivity contribution in [1.29, 1.82) is 0 Å². The van der Waals surface area contributed by atoms with Crippen LogP contribution >= 0.6 is 11.8 Å². The molecule has 1 amide bonds. The van der Waals surface area contributed by atoms with Gasteiger partial charge in [-0.3, -0.25) is 4.79 Å². The van der Waals surface area contributed by atoms with Gasteiger partial charge in [0.25, 0.3) is 5.91 Å². The molecule has 2 heterocycles. The molecule has 2 aliphatic heterocycles. The maximum Gasteiger partial charge on any atom is 0.416 e. The lowest BCUT2D eigenvalue weighted by Crippen LogP contribution is -2.46. The molecule has 0 aliphatic carbocycles. The number of thioether (sulfide) groups is 1. The second-order valence-electron chi connectivity index (χ2n) is 7.99. The zero-order valence-electron chi connectivity index (χ0n) is 18.8. The van der Waals surface area contributed by atoms with E-state index in [1.54, 1.807) is 24.3 Å². The maximum atomic E-state index is 12.7. The number of benzene rings is 2. The topological polar surface area (TPSA) is 54.4 Å². The summed E-state index contributed by atoms with van der Waals surface area (Å²) in [6.07, 6.45) is -2.61. The fourth-order valence-electron chi connectivity index (χ4n) is 3.53. The summed E-state index contributed by atoms with van der Waals surface area (Å²) in [5, 5.41) is 0.729. The lowest BCUT2D eigenvalue weighted by molar-refractivity contribution is -0.137. The molecule has 0 saturated carbocycles. The molecule has 180 valence electrons. The minimum atomic E-state index is -4.37. The van der Waals surface area contributed by atoms with Crippen LogP contribution in [0.2, 0.25) is 0 Å². The molecule has 34 heavy (non-hydrogen) atoms. The smallest absolute Gasteiger partial charge is 0.416 e. The number of carbonyl (C=O) groups excluding carboxylic acids is 1. The number of carbonyl (C=O) groups is 1. The summed E-state index contributed by atoms with van der Waals surface area (Å²) in [6.45, 7) is 3.62. The van der Waals surface area contributed by atoms with Crippen LogP contribution in [0, 0.1) is 0 Å². The first kappa shape index (κ1) is 24.2. The van der Waals surface area contributed by atoms with Gasteiger partial charge < -0.3 is 19.3 Å². The molecule has 0 N–H and O–H groups in total. The highest BCUT2D eigenvalue weighted by molar-refractivity contribution is 8.18. The van der Waals surface area contributed by atoms with Gasteiger partial charge in [-0.05, 0) is 60.3 Å². The molecule has 1 fully saturated rings. The predicted molar refractivity (Wildman–Crippen MR) is 126 cm³/mol. The number of amides is 1. The average Bonchev–Trinajstić information content (AvgIpc) is 3.18. The lowest BCUT2D eigenvalue weighted by atomic mass is 10.1. The molecule has 1 saturated heterocycles. The van der Waals surface area contributed by atoms with Gasteiger partial charge >= 0.3 is 6.18 Å². The van der Waals surface area contributed by atoms with Crippen molar-refractivity contribution in [3.05, 3.63) is 64.1 Å². The second kappa shape index (κ2) is 10.1. The molecule has 2 aliphatic rings. The Balaban J connectivity index is 1.41. The Labute approximate surface area is 200 Å². The Bertz CT molecular complexity index is 1110. The number of aliphatic imine (C=N–C) groups is 1. The number of halogens is 3. The summed E-state index contributed by atoms with van der Waals surface area (Å²) in [5.74, 6) is 0.641. The highest BCUT2D eigenvalue weighted by atomic mass is 32.2. The number of alkyl halides is 3. The summed E-state index contributed by atoms with van der Waals surface area (Å²) < 4.78 is 49.3. The van der Waals surface area contributed by atoms with Crippen molar-refractivity contribution in [2.45, 2.75) is 12.8 Å². The summed E-state index contributed by atoms with van der Waals surface area (Å²) >= 11 is 1.37. The van der Waals surface area contributed by atoms with Crippen LogP contribution in [0.5, 0.6) is 11.5 Å². The standard InChI is InChI=1S/C24H24F3N3O3S/c1-29-9-11-30(12-10-29)23-28-22(31)21(34-23)14-17-5-8-19(20(13-17)32-2)33-15-16-3-6-18(7-4-16)24(25,26)27/h3-8,13-14H,9-12,15H2,1-2H3/b21-14-. The molecule has 4 rings (SSSR count). The molecule has 0 unspecified atom stereocenters. The zero-order chi connectivity index (χ0) is 24.3. The SMILES string of the molecule is COc1cc(/C=C2\SC(N3CCN(C)CC3)=NC2=O)ccc1OCc1ccc(C(F)(F)F)cc1. The van der Waals surface area contributed by atoms with E-state index in [-0.39, 0.29) is 12.5 Å². The van der Waals surface area contributed by atoms with Gasteiger partial charge in [-0.15, -0.1) is 0 Å². The third-order valence-electron chi connectivity index (χ3n) is 5.54. The molecular weight excluding hydrogens is 467 g/mol. The van der Waals surface area contributed by atoms with Gasteiger partial charge in [0.15, 0.2) is 16.7 Å². The van der Waals surface area contributed by atoms with E-state index in [1.807, 2.05) is 0 Å². The van der Waals surface area contributed by atoms with E-state index in [4.69, 9.17) is 9.47 Å². The van der Waals surface area contributed by atoms with Crippen molar-refractivity contribution in [3.8, 4) is 11.5 Å². The largest absolute Gasteiger partial charge is 0.493 e. The Hall–Kier alpha value is -2.98. The summed E-state index contributed by atoms with van der Waals surface area (Å²) in [4.78, 5) is 21.5. The van der Waals surface area contributed by atoms with Gasteiger partial charge in [-0.1, -0.05) is 18.2 Å². The lowest BCUT2D eigenvalue weighted by Gasteiger charge is -2.32. The molecule has 2 aromatic carbocycles. The van der Waals surface area contributed by atoms with Crippen LogP contribution in [-0.4, -0.2) is 61.2 Å². The van der Waals surface area contributed by atoms with Gasteiger partial charge in [0.05, 0.1) is 17.6 Å². The molecule has 0 aromatic heterocycles. The number of rotatable bonds is 5. The third-order valence-corrected chi connectivity index (χ3v) is 6.59. The fourth-order valence-corrected chi connectivity index (χ4v) is 4.49. The maximum absolute atomic E-state index is 12.7. The van der Waals surface area contributed by atoms with E-state index in [1.165, 1.54) is 31.0 Å². The van der Waals surface area contributed by atoms with Crippen molar-refractivity contribution in [2.75, 3.05) is 40.3 Å². The highest BCUT2D eigenvalue weighted by Gasteiger charge is 2.30. The van der Waals surface area contributed by atoms with Crippen LogP contribution in [0.15, 0.2) is 52.4 Å². The molecule has 0 atom stereocenters. The molecule has 2 aromatic rings. The molecular formula is C24H24F3N3O3S. The Morgan fingerprint density at radius 1 is 1.06 bits per heavy atom. The summed E-state index contributed by atoms with van der Waals surface area (Å²) in [5.41, 5.74) is 0.650. The predicted octanol–water partition coefficient (Wildman–Crippen LogP) is 4.51. The Kier molecular flexibility index (Phi) is 7.18. The van der Waals surface area contributed by atoms with Crippen LogP contribution in [0.3, 0.4) is 0 Å². The van der Waals surface area contributed by atoms with E-state index in [0.29, 0.717) is 22.0 Å². The first-order chi connectivity index (χ1) is 16.2. The van der Waals surface area contributed by atoms with Crippen LogP contribution in [0.1, 0.15) is 16.7 Å². The second-order valence-corrected chi connectivity index (χ2v) is 9.00. The van der Waals surface area contributed by atoms with Crippen LogP contribution in [0.25, 0.3) is 6.08 Å². The number of hydrogen-bond donors (Lipinski definition) is 0. The van der Waals surface area contributed by atoms with Crippen molar-refractivity contribution in [1.82, 2.24) is 9.80 Å². The third kappa shape index (κ3) is 5.74. The number of hydrogen-bond acceptors (Lipinski definition) is 6. The van der Waals surface area contributed by atoms with Crippen LogP contribution in [-0.2, 0) is 17.6 Å². The first-order valence-corrected chi connectivity index (χ1v) is 11.5. The van der Waals surface area contributed by atoms with Crippen molar-refractivity contribution >= 4 is 28.9 Å². The van der Waals surface area contributed by atoms with Gasteiger partial charge in [0.1, 0.15) is 6.61 Å². The molecule has 10 heteroatoms. The molecule has 6 nitrogen and oxygen atoms in total. The number of nitrogens with zero attached hydrogens (tertiary/aromatic N) is 3. The normalized spacial score (nSPS) is 18.4. The number of amidine groups is 1. The monoisotopic (exact) mass is 491 g/mol. The Morgan fingerprint density at radius 2 is 1.76 bits per heavy atom. The minimum absolute atomic E-state index is 0.0888. The van der Waals surface area contributed by atoms with Gasteiger partial charge in [-0.25, -0.2) is 0 Å². The van der Waals surface area contributed by atoms with Crippen molar-refractivity contribution in [3.63, 3.8) is 0 Å². The number of likely N-dealkylation sites (N-methyl/N-ethyl adjacent to an activating group) is 1. The van der Waals surface area contributed by atoms with E-state index in [9.17, 15) is 18.0 Å². The minimum Gasteiger partial charge on any atom is -0.493 e. The summed E-state index contributed by atoms with van der Waals surface area (Å²) in [7, 11) is 3.57. The highest BCUT2D eigenvalue weighted by Crippen LogP contribution is 2.34. The van der Waals surface area contributed by atoms with E-state index >= 15 is 0 Å². The summed E-state index contributed by atoms with van der Waals surface area (Å²) in [6, 6.07) is 10.1. The van der Waals surface area contributed by atoms with E-state index < -0.39 is 11.7 Å². The first-order valence-electron chi connectivity index (χ1n) is 10.7. The van der Waals surface area contributed by atoms with Crippen molar-refractivity contribution in [2.24, 2.45) is 4.99 Å². The molecule has 0 bridgehead atoms. The van der Waals surface area contributed by atoms with E-state index in [0.717, 1.165) is 49.0 Å². The zero-order valence-corrected chi connectivity index (χ0v) is 19.6.